The van der Waals surface area contributed by atoms with Crippen LogP contribution in [0.1, 0.15) is 16.1 Å². The third kappa shape index (κ3) is 2.14. The number of carbonyl (C=O) groups excluding carboxylic acids is 1. The summed E-state index contributed by atoms with van der Waals surface area (Å²) in [6.07, 6.45) is 0. The third-order valence-electron chi connectivity index (χ3n) is 2.94. The molecule has 0 atom stereocenters. The molecule has 0 aliphatic heterocycles. The molecule has 2 rings (SSSR count). The van der Waals surface area contributed by atoms with Gasteiger partial charge in [0.05, 0.1) is 12.8 Å². The highest BCUT2D eigenvalue weighted by Gasteiger charge is 2.16. The Labute approximate surface area is 111 Å². The van der Waals surface area contributed by atoms with Crippen LogP contribution in [0.5, 0.6) is 0 Å². The lowest BCUT2D eigenvalue weighted by molar-refractivity contribution is 0.0590. The lowest BCUT2D eigenvalue weighted by Crippen LogP contribution is -2.08. The zero-order chi connectivity index (χ0) is 13.3. The van der Waals surface area contributed by atoms with Crippen molar-refractivity contribution in [2.45, 2.75) is 6.92 Å². The van der Waals surface area contributed by atoms with Gasteiger partial charge >= 0.3 is 5.97 Å². The average Bonchev–Trinajstić information content (AvgIpc) is 2.65. The summed E-state index contributed by atoms with van der Waals surface area (Å²) in [5, 5.41) is 0.693. The Morgan fingerprint density at radius 2 is 1.89 bits per heavy atom. The fraction of sp³-hybridized carbons (Fsp3) is 0.214. The lowest BCUT2D eigenvalue weighted by atomic mass is 10.1. The topological polar surface area (TPSA) is 31.2 Å². The molecule has 0 unspecified atom stereocenters. The Bertz CT molecular complexity index is 585. The van der Waals surface area contributed by atoms with E-state index in [1.54, 1.807) is 0 Å². The number of hydrogen-bond acceptors (Lipinski definition) is 2. The molecule has 0 N–H and O–H groups in total. The Morgan fingerprint density at radius 1 is 1.28 bits per heavy atom. The summed E-state index contributed by atoms with van der Waals surface area (Å²) in [6.45, 7) is 1.97. The van der Waals surface area contributed by atoms with Crippen molar-refractivity contribution in [1.29, 1.82) is 0 Å². The number of nitrogens with zero attached hydrogens (tertiary/aromatic N) is 1. The van der Waals surface area contributed by atoms with E-state index in [9.17, 15) is 4.79 Å². The minimum absolute atomic E-state index is 0.333. The van der Waals surface area contributed by atoms with Crippen LogP contribution < -0.4 is 0 Å². The molecule has 0 amide bonds. The Balaban J connectivity index is 2.55. The number of aromatic nitrogens is 1. The highest BCUT2D eigenvalue weighted by molar-refractivity contribution is 6.30. The van der Waals surface area contributed by atoms with Gasteiger partial charge in [0.25, 0.3) is 0 Å². The Morgan fingerprint density at radius 3 is 2.44 bits per heavy atom. The average molecular weight is 264 g/mol. The molecular formula is C14H14ClNO2. The molecule has 0 saturated heterocycles. The van der Waals surface area contributed by atoms with Crippen molar-refractivity contribution in [1.82, 2.24) is 4.57 Å². The first-order valence-corrected chi connectivity index (χ1v) is 5.93. The molecule has 1 aromatic carbocycles. The lowest BCUT2D eigenvalue weighted by Gasteiger charge is -2.07. The highest BCUT2D eigenvalue weighted by Crippen LogP contribution is 2.27. The number of esters is 1. The molecule has 0 aliphatic rings. The van der Waals surface area contributed by atoms with Gasteiger partial charge in [-0.2, -0.15) is 0 Å². The smallest absolute Gasteiger partial charge is 0.354 e. The van der Waals surface area contributed by atoms with Gasteiger partial charge in [0.15, 0.2) is 0 Å². The molecule has 18 heavy (non-hydrogen) atoms. The third-order valence-corrected chi connectivity index (χ3v) is 3.19. The summed E-state index contributed by atoms with van der Waals surface area (Å²) >= 11 is 5.88. The molecule has 4 heteroatoms. The van der Waals surface area contributed by atoms with Gasteiger partial charge in [-0.25, -0.2) is 4.79 Å². The maximum absolute atomic E-state index is 11.6. The minimum atomic E-state index is -0.333. The summed E-state index contributed by atoms with van der Waals surface area (Å²) in [4.78, 5) is 11.6. The van der Waals surface area contributed by atoms with Crippen LogP contribution in [0.15, 0.2) is 30.3 Å². The first-order valence-electron chi connectivity index (χ1n) is 5.55. The van der Waals surface area contributed by atoms with Gasteiger partial charge in [0.1, 0.15) is 5.69 Å². The van der Waals surface area contributed by atoms with E-state index in [1.807, 2.05) is 48.9 Å². The van der Waals surface area contributed by atoms with Crippen molar-refractivity contribution in [2.75, 3.05) is 7.11 Å². The standard InChI is InChI=1S/C14H14ClNO2/c1-9-8-12(14(17)18-3)16(2)13(9)10-4-6-11(15)7-5-10/h4-8H,1-3H3. The number of carbonyl (C=O) groups is 1. The Kier molecular flexibility index (Phi) is 3.43. The molecule has 94 valence electrons. The Hall–Kier alpha value is -1.74. The highest BCUT2D eigenvalue weighted by atomic mass is 35.5. The van der Waals surface area contributed by atoms with Crippen LogP contribution in [0.3, 0.4) is 0 Å². The first-order chi connectivity index (χ1) is 8.54. The van der Waals surface area contributed by atoms with Crippen LogP contribution in [-0.2, 0) is 11.8 Å². The number of rotatable bonds is 2. The predicted octanol–water partition coefficient (Wildman–Crippen LogP) is 3.44. The van der Waals surface area contributed by atoms with E-state index < -0.39 is 0 Å². The number of aryl methyl sites for hydroxylation is 1. The van der Waals surface area contributed by atoms with Gasteiger partial charge in [0.2, 0.25) is 0 Å². The largest absolute Gasteiger partial charge is 0.464 e. The molecule has 0 spiro atoms. The van der Waals surface area contributed by atoms with Gasteiger partial charge in [-0.3, -0.25) is 0 Å². The molecule has 0 saturated carbocycles. The second kappa shape index (κ2) is 4.86. The van der Waals surface area contributed by atoms with E-state index in [0.717, 1.165) is 16.8 Å². The van der Waals surface area contributed by atoms with Gasteiger partial charge in [-0.1, -0.05) is 23.7 Å². The summed E-state index contributed by atoms with van der Waals surface area (Å²) in [5.74, 6) is -0.333. The molecular weight excluding hydrogens is 250 g/mol. The molecule has 0 radical (unpaired) electrons. The maximum Gasteiger partial charge on any atom is 0.354 e. The van der Waals surface area contributed by atoms with Crippen LogP contribution in [0.25, 0.3) is 11.3 Å². The van der Waals surface area contributed by atoms with Crippen molar-refractivity contribution in [2.24, 2.45) is 7.05 Å². The van der Waals surface area contributed by atoms with Gasteiger partial charge in [-0.05, 0) is 36.2 Å². The van der Waals surface area contributed by atoms with Crippen LogP contribution in [0.4, 0.5) is 0 Å². The van der Waals surface area contributed by atoms with E-state index in [4.69, 9.17) is 16.3 Å². The molecule has 0 aliphatic carbocycles. The van der Waals surface area contributed by atoms with Crippen molar-refractivity contribution in [3.63, 3.8) is 0 Å². The number of methoxy groups -OCH3 is 1. The summed E-state index contributed by atoms with van der Waals surface area (Å²) in [6, 6.07) is 9.37. The zero-order valence-corrected chi connectivity index (χ0v) is 11.3. The zero-order valence-electron chi connectivity index (χ0n) is 10.5. The van der Waals surface area contributed by atoms with Crippen molar-refractivity contribution in [3.8, 4) is 11.3 Å². The van der Waals surface area contributed by atoms with Crippen molar-refractivity contribution >= 4 is 17.6 Å². The summed E-state index contributed by atoms with van der Waals surface area (Å²) in [5.41, 5.74) is 3.58. The maximum atomic E-state index is 11.6. The molecule has 0 fully saturated rings. The molecule has 2 aromatic rings. The second-order valence-electron chi connectivity index (χ2n) is 4.12. The molecule has 0 bridgehead atoms. The van der Waals surface area contributed by atoms with Gasteiger partial charge in [0, 0.05) is 12.1 Å². The quantitative estimate of drug-likeness (QED) is 0.777. The summed E-state index contributed by atoms with van der Waals surface area (Å²) in [7, 11) is 3.23. The van der Waals surface area contributed by atoms with E-state index in [0.29, 0.717) is 10.7 Å². The monoisotopic (exact) mass is 263 g/mol. The van der Waals surface area contributed by atoms with Crippen LogP contribution >= 0.6 is 11.6 Å². The van der Waals surface area contributed by atoms with E-state index in [2.05, 4.69) is 0 Å². The number of benzene rings is 1. The molecule has 1 heterocycles. The minimum Gasteiger partial charge on any atom is -0.464 e. The van der Waals surface area contributed by atoms with Crippen molar-refractivity contribution in [3.05, 3.63) is 46.6 Å². The van der Waals surface area contributed by atoms with Crippen LogP contribution in [-0.4, -0.2) is 17.6 Å². The van der Waals surface area contributed by atoms with Crippen molar-refractivity contribution < 1.29 is 9.53 Å². The summed E-state index contributed by atoms with van der Waals surface area (Å²) < 4.78 is 6.60. The second-order valence-corrected chi connectivity index (χ2v) is 4.56. The van der Waals surface area contributed by atoms with E-state index in [1.165, 1.54) is 7.11 Å². The molecule has 3 nitrogen and oxygen atoms in total. The van der Waals surface area contributed by atoms with Gasteiger partial charge < -0.3 is 9.30 Å². The van der Waals surface area contributed by atoms with E-state index in [-0.39, 0.29) is 5.97 Å². The number of halogens is 1. The normalized spacial score (nSPS) is 10.4. The predicted molar refractivity (Wildman–Crippen MR) is 71.9 cm³/mol. The molecule has 1 aromatic heterocycles. The fourth-order valence-corrected chi connectivity index (χ4v) is 2.21. The van der Waals surface area contributed by atoms with Gasteiger partial charge in [-0.15, -0.1) is 0 Å². The van der Waals surface area contributed by atoms with E-state index >= 15 is 0 Å². The number of hydrogen-bond donors (Lipinski definition) is 0. The SMILES string of the molecule is COC(=O)c1cc(C)c(-c2ccc(Cl)cc2)n1C. The van der Waals surface area contributed by atoms with Crippen LogP contribution in [0, 0.1) is 6.92 Å². The fourth-order valence-electron chi connectivity index (χ4n) is 2.08. The first kappa shape index (κ1) is 12.7. The number of ether oxygens (including phenoxy) is 1. The van der Waals surface area contributed by atoms with Crippen LogP contribution in [0.2, 0.25) is 5.02 Å².